The molecule has 0 spiro atoms. The maximum atomic E-state index is 11.9. The third-order valence-electron chi connectivity index (χ3n) is 6.59. The van der Waals surface area contributed by atoms with Crippen LogP contribution in [0.5, 0.6) is 11.5 Å². The number of fused-ring (bicyclic) bond motifs is 3. The van der Waals surface area contributed by atoms with Crippen LogP contribution in [0.4, 0.5) is 0 Å². The van der Waals surface area contributed by atoms with E-state index in [-0.39, 0.29) is 52.9 Å². The molecule has 11 heteroatoms. The number of nitrogens with zero attached hydrogens (tertiary/aromatic N) is 1. The Morgan fingerprint density at radius 1 is 1.28 bits per heavy atom. The molecule has 29 heavy (non-hydrogen) atoms. The van der Waals surface area contributed by atoms with E-state index in [1.807, 2.05) is 0 Å². The van der Waals surface area contributed by atoms with Crippen molar-refractivity contribution in [2.24, 2.45) is 5.73 Å². The fourth-order valence-corrected chi connectivity index (χ4v) is 4.85. The molecule has 3 heterocycles. The summed E-state index contributed by atoms with van der Waals surface area (Å²) in [6, 6.07) is 3.25. The van der Waals surface area contributed by atoms with Crippen LogP contribution in [0, 0.1) is 0 Å². The quantitative estimate of drug-likeness (QED) is 0.382. The predicted octanol–water partition coefficient (Wildman–Crippen LogP) is -1.16. The van der Waals surface area contributed by atoms with Gasteiger partial charge in [-0.15, -0.1) is 0 Å². The van der Waals surface area contributed by atoms with Gasteiger partial charge in [0.25, 0.3) is 0 Å². The molecule has 6 N–H and O–H groups in total. The average Bonchev–Trinajstić information content (AvgIpc) is 3.28. The molecule has 10 nitrogen and oxygen atoms in total. The first-order valence-corrected chi connectivity index (χ1v) is 9.86. The number of aromatic carboxylic acids is 1. The van der Waals surface area contributed by atoms with Gasteiger partial charge in [-0.25, -0.2) is 4.79 Å². The molecule has 3 fully saturated rings. The number of primary amides is 1. The lowest BCUT2D eigenvalue weighted by atomic mass is 9.68. The molecule has 1 aliphatic carbocycles. The monoisotopic (exact) mass is 404 g/mol. The fourth-order valence-electron chi connectivity index (χ4n) is 4.85. The molecule has 4 atom stereocenters. The lowest BCUT2D eigenvalue weighted by molar-refractivity contribution is -0.119. The summed E-state index contributed by atoms with van der Waals surface area (Å²) < 4.78 is 11.2. The molecule has 0 bridgehead atoms. The second-order valence-electron chi connectivity index (χ2n) is 8.49. The summed E-state index contributed by atoms with van der Waals surface area (Å²) in [6.07, 6.45) is 1.02. The summed E-state index contributed by atoms with van der Waals surface area (Å²) in [5, 5.41) is 33.0. The zero-order chi connectivity index (χ0) is 20.5. The van der Waals surface area contributed by atoms with E-state index in [2.05, 4.69) is 10.2 Å². The molecule has 4 aliphatic rings. The van der Waals surface area contributed by atoms with Gasteiger partial charge in [0, 0.05) is 25.7 Å². The highest BCUT2D eigenvalue weighted by atomic mass is 16.6. The molecule has 5 rings (SSSR count). The number of hydrogen-bond donors (Lipinski definition) is 5. The second kappa shape index (κ2) is 6.33. The van der Waals surface area contributed by atoms with Crippen molar-refractivity contribution in [1.82, 2.24) is 10.2 Å². The van der Waals surface area contributed by atoms with Gasteiger partial charge in [0.1, 0.15) is 17.4 Å². The number of carbonyl (C=O) groups is 2. The maximum absolute atomic E-state index is 11.9. The minimum absolute atomic E-state index is 0.000720. The Morgan fingerprint density at radius 2 is 2.03 bits per heavy atom. The molecule has 3 aliphatic heterocycles. The Hall–Kier alpha value is -2.34. The number of hydrogen-bond acceptors (Lipinski definition) is 8. The lowest BCUT2D eigenvalue weighted by Crippen LogP contribution is -2.58. The molecule has 2 saturated heterocycles. The summed E-state index contributed by atoms with van der Waals surface area (Å²) in [4.78, 5) is 25.4. The van der Waals surface area contributed by atoms with E-state index in [9.17, 15) is 24.7 Å². The van der Waals surface area contributed by atoms with Crippen molar-refractivity contribution in [2.45, 2.75) is 42.8 Å². The van der Waals surface area contributed by atoms with Gasteiger partial charge in [0.15, 0.2) is 0 Å². The van der Waals surface area contributed by atoms with Crippen LogP contribution in [-0.4, -0.2) is 76.5 Å². The van der Waals surface area contributed by atoms with Crippen molar-refractivity contribution < 1.29 is 34.1 Å². The Morgan fingerprint density at radius 3 is 2.69 bits per heavy atom. The summed E-state index contributed by atoms with van der Waals surface area (Å²) in [5.41, 5.74) is 5.85. The van der Waals surface area contributed by atoms with Crippen LogP contribution >= 0.6 is 0 Å². The van der Waals surface area contributed by atoms with Gasteiger partial charge in [0.05, 0.1) is 11.8 Å². The number of carboxylic acid groups (broad SMARTS) is 1. The topological polar surface area (TPSA) is 155 Å². The van der Waals surface area contributed by atoms with E-state index in [1.54, 1.807) is 12.1 Å². The standard InChI is InChI=1S/C18H23BN3O7/c20-17(23)13-3-8(5-21-13)22-6-9(7-22)28-14-2-1-10-11-4-12(11)19(26,27)29-16(10)15(14)18(24)25/h1-2,8-9,11-13,21,26-27H,3-7H2,(H2,20,23)(H,24,25)/q-1/t8-,11?,12+,13+/m0/s1. The predicted molar refractivity (Wildman–Crippen MR) is 101 cm³/mol. The van der Waals surface area contributed by atoms with Gasteiger partial charge in [-0.3, -0.25) is 9.69 Å². The smallest absolute Gasteiger partial charge is 0.434 e. The van der Waals surface area contributed by atoms with Gasteiger partial charge in [-0.05, 0) is 24.0 Å². The van der Waals surface area contributed by atoms with E-state index in [0.29, 0.717) is 38.0 Å². The summed E-state index contributed by atoms with van der Waals surface area (Å²) >= 11 is 0. The van der Waals surface area contributed by atoms with Crippen molar-refractivity contribution >= 4 is 18.6 Å². The normalized spacial score (nSPS) is 32.5. The van der Waals surface area contributed by atoms with Crippen molar-refractivity contribution in [3.05, 3.63) is 23.3 Å². The Bertz CT molecular complexity index is 888. The maximum Gasteiger partial charge on any atom is 0.434 e. The van der Waals surface area contributed by atoms with E-state index in [0.717, 1.165) is 0 Å². The molecular weight excluding hydrogens is 381 g/mol. The van der Waals surface area contributed by atoms with Crippen LogP contribution in [0.25, 0.3) is 0 Å². The number of nitrogens with two attached hydrogens (primary N) is 1. The summed E-state index contributed by atoms with van der Waals surface area (Å²) in [5.74, 6) is -1.90. The number of amides is 1. The first kappa shape index (κ1) is 18.7. The fraction of sp³-hybridized carbons (Fsp3) is 0.556. The number of benzene rings is 1. The zero-order valence-corrected chi connectivity index (χ0v) is 15.7. The van der Waals surface area contributed by atoms with E-state index in [4.69, 9.17) is 15.1 Å². The summed E-state index contributed by atoms with van der Waals surface area (Å²) in [6.45, 7) is -1.18. The largest absolute Gasteiger partial charge is 0.669 e. The van der Waals surface area contributed by atoms with Crippen molar-refractivity contribution in [3.63, 3.8) is 0 Å². The lowest BCUT2D eigenvalue weighted by Gasteiger charge is -2.43. The number of ether oxygens (including phenoxy) is 1. The number of rotatable bonds is 5. The van der Waals surface area contributed by atoms with Crippen LogP contribution in [0.15, 0.2) is 12.1 Å². The van der Waals surface area contributed by atoms with Crippen LogP contribution in [-0.2, 0) is 4.79 Å². The molecular formula is C18H23BN3O7-. The third kappa shape index (κ3) is 3.05. The Kier molecular flexibility index (Phi) is 4.08. The van der Waals surface area contributed by atoms with Gasteiger partial charge in [0.2, 0.25) is 5.91 Å². The summed E-state index contributed by atoms with van der Waals surface area (Å²) in [7, 11) is 0. The molecule has 156 valence electrons. The Labute approximate surface area is 166 Å². The highest BCUT2D eigenvalue weighted by Crippen LogP contribution is 2.63. The first-order chi connectivity index (χ1) is 13.7. The van der Waals surface area contributed by atoms with Crippen LogP contribution in [0.1, 0.15) is 34.7 Å². The van der Waals surface area contributed by atoms with Crippen LogP contribution in [0.3, 0.4) is 0 Å². The molecule has 1 saturated carbocycles. The van der Waals surface area contributed by atoms with Gasteiger partial charge < -0.3 is 35.6 Å². The van der Waals surface area contributed by atoms with Crippen molar-refractivity contribution in [2.75, 3.05) is 19.6 Å². The van der Waals surface area contributed by atoms with E-state index >= 15 is 0 Å². The number of carboxylic acids is 1. The van der Waals surface area contributed by atoms with Crippen molar-refractivity contribution in [3.8, 4) is 11.5 Å². The Balaban J connectivity index is 1.30. The third-order valence-corrected chi connectivity index (χ3v) is 6.59. The van der Waals surface area contributed by atoms with Gasteiger partial charge in [-0.1, -0.05) is 18.3 Å². The molecule has 1 unspecified atom stereocenters. The first-order valence-electron chi connectivity index (χ1n) is 9.86. The van der Waals surface area contributed by atoms with Crippen LogP contribution < -0.4 is 20.4 Å². The number of likely N-dealkylation sites (tertiary alicyclic amines) is 1. The molecule has 0 radical (unpaired) electrons. The molecule has 1 aromatic rings. The minimum atomic E-state index is -3.06. The van der Waals surface area contributed by atoms with Gasteiger partial charge >= 0.3 is 12.7 Å². The van der Waals surface area contributed by atoms with E-state index in [1.165, 1.54) is 0 Å². The number of nitrogens with one attached hydrogen (secondary N) is 1. The molecule has 1 aromatic carbocycles. The van der Waals surface area contributed by atoms with E-state index < -0.39 is 12.7 Å². The minimum Gasteiger partial charge on any atom is -0.669 e. The zero-order valence-electron chi connectivity index (χ0n) is 15.7. The second-order valence-corrected chi connectivity index (χ2v) is 8.49. The van der Waals surface area contributed by atoms with Crippen molar-refractivity contribution in [1.29, 1.82) is 0 Å². The highest BCUT2D eigenvalue weighted by molar-refractivity contribution is 6.62. The highest BCUT2D eigenvalue weighted by Gasteiger charge is 2.55. The van der Waals surface area contributed by atoms with Gasteiger partial charge in [-0.2, -0.15) is 0 Å². The van der Waals surface area contributed by atoms with Crippen LogP contribution in [0.2, 0.25) is 5.82 Å². The number of carbonyl (C=O) groups excluding carboxylic acids is 1. The molecule has 1 amide bonds. The molecule has 0 aromatic heterocycles. The SMILES string of the molecule is NC(=O)[C@H]1C[C@H](N2CC(Oc3ccc4c(c3C(=O)O)O[B-](O)(O)[C@@H]3CC43)C2)CN1. The average molecular weight is 404 g/mol.